The number of hydrogen-bond donors (Lipinski definition) is 1. The van der Waals surface area contributed by atoms with Crippen LogP contribution in [-0.4, -0.2) is 50.7 Å². The summed E-state index contributed by atoms with van der Waals surface area (Å²) in [7, 11) is 1.92. The Bertz CT molecular complexity index is 1180. The Hall–Kier alpha value is -3.00. The number of aryl methyl sites for hydroxylation is 1. The SMILES string of the molecule is Cn1ncc2ccc(-c3cc(COCC(O)CN4CCc5ccccc5C4)on3)cc21. The van der Waals surface area contributed by atoms with Crippen LogP contribution in [0.25, 0.3) is 22.2 Å². The second-order valence-electron chi connectivity index (χ2n) is 8.14. The molecule has 0 spiro atoms. The van der Waals surface area contributed by atoms with Crippen molar-refractivity contribution < 1.29 is 14.4 Å². The summed E-state index contributed by atoms with van der Waals surface area (Å²) in [6, 6.07) is 16.5. The molecule has 31 heavy (non-hydrogen) atoms. The van der Waals surface area contributed by atoms with Crippen LogP contribution in [0, 0.1) is 0 Å². The zero-order valence-electron chi connectivity index (χ0n) is 17.6. The molecule has 0 radical (unpaired) electrons. The smallest absolute Gasteiger partial charge is 0.163 e. The predicted molar refractivity (Wildman–Crippen MR) is 117 cm³/mol. The Morgan fingerprint density at radius 1 is 1.16 bits per heavy atom. The van der Waals surface area contributed by atoms with Crippen molar-refractivity contribution >= 4 is 10.9 Å². The van der Waals surface area contributed by atoms with E-state index in [0.29, 0.717) is 12.3 Å². The third kappa shape index (κ3) is 4.39. The van der Waals surface area contributed by atoms with Gasteiger partial charge < -0.3 is 14.4 Å². The van der Waals surface area contributed by atoms with Crippen LogP contribution in [0.15, 0.2) is 59.3 Å². The highest BCUT2D eigenvalue weighted by Crippen LogP contribution is 2.24. The average molecular weight is 418 g/mol. The number of aliphatic hydroxyl groups excluding tert-OH is 1. The van der Waals surface area contributed by atoms with E-state index in [4.69, 9.17) is 9.26 Å². The van der Waals surface area contributed by atoms with Crippen molar-refractivity contribution in [1.82, 2.24) is 19.8 Å². The predicted octanol–water partition coefficient (Wildman–Crippen LogP) is 3.16. The highest BCUT2D eigenvalue weighted by Gasteiger charge is 2.18. The number of benzene rings is 2. The lowest BCUT2D eigenvalue weighted by molar-refractivity contribution is 0.00189. The summed E-state index contributed by atoms with van der Waals surface area (Å²) in [6.07, 6.45) is 2.32. The minimum atomic E-state index is -0.542. The summed E-state index contributed by atoms with van der Waals surface area (Å²) in [4.78, 5) is 2.28. The van der Waals surface area contributed by atoms with Gasteiger partial charge in [0.2, 0.25) is 0 Å². The highest BCUT2D eigenvalue weighted by atomic mass is 16.5. The fourth-order valence-electron chi connectivity index (χ4n) is 4.18. The van der Waals surface area contributed by atoms with E-state index < -0.39 is 6.10 Å². The maximum absolute atomic E-state index is 10.4. The quantitative estimate of drug-likeness (QED) is 0.497. The maximum Gasteiger partial charge on any atom is 0.163 e. The Labute approximate surface area is 180 Å². The van der Waals surface area contributed by atoms with Gasteiger partial charge in [0.1, 0.15) is 12.3 Å². The van der Waals surface area contributed by atoms with Crippen LogP contribution >= 0.6 is 0 Å². The van der Waals surface area contributed by atoms with E-state index in [1.54, 1.807) is 0 Å². The summed E-state index contributed by atoms with van der Waals surface area (Å²) in [5.41, 5.74) is 5.53. The Balaban J connectivity index is 1.12. The molecule has 7 nitrogen and oxygen atoms in total. The molecule has 0 fully saturated rings. The van der Waals surface area contributed by atoms with Crippen molar-refractivity contribution in [1.29, 1.82) is 0 Å². The number of ether oxygens (including phenoxy) is 1. The molecule has 0 saturated heterocycles. The number of aliphatic hydroxyl groups is 1. The van der Waals surface area contributed by atoms with Crippen LogP contribution in [0.1, 0.15) is 16.9 Å². The first-order valence-corrected chi connectivity index (χ1v) is 10.6. The molecule has 2 aromatic carbocycles. The summed E-state index contributed by atoms with van der Waals surface area (Å²) in [6.45, 7) is 2.97. The standard InChI is InChI=1S/C24H26N4O3/c1-27-24-10-18(6-7-19(24)12-25-27)23-11-22(31-26-23)16-30-15-21(29)14-28-9-8-17-4-2-3-5-20(17)13-28/h2-7,10-12,21,29H,8-9,13-16H2,1H3. The van der Waals surface area contributed by atoms with E-state index >= 15 is 0 Å². The third-order valence-corrected chi connectivity index (χ3v) is 5.84. The second kappa shape index (κ2) is 8.63. The van der Waals surface area contributed by atoms with Gasteiger partial charge in [-0.25, -0.2) is 0 Å². The molecular formula is C24H26N4O3. The van der Waals surface area contributed by atoms with E-state index in [1.807, 2.05) is 42.2 Å². The first-order chi connectivity index (χ1) is 15.2. The molecule has 2 aromatic heterocycles. The molecule has 3 heterocycles. The molecule has 0 amide bonds. The van der Waals surface area contributed by atoms with Crippen LogP contribution < -0.4 is 0 Å². The number of nitrogens with zero attached hydrogens (tertiary/aromatic N) is 4. The number of aromatic nitrogens is 3. The zero-order chi connectivity index (χ0) is 21.2. The van der Waals surface area contributed by atoms with Crippen molar-refractivity contribution in [3.05, 3.63) is 71.6 Å². The number of fused-ring (bicyclic) bond motifs is 2. The van der Waals surface area contributed by atoms with Gasteiger partial charge in [-0.1, -0.05) is 41.6 Å². The number of rotatable bonds is 7. The van der Waals surface area contributed by atoms with Gasteiger partial charge in [-0.2, -0.15) is 5.10 Å². The molecular weight excluding hydrogens is 392 g/mol. The topological polar surface area (TPSA) is 76.6 Å². The molecule has 1 N–H and O–H groups in total. The van der Waals surface area contributed by atoms with Gasteiger partial charge >= 0.3 is 0 Å². The maximum atomic E-state index is 10.4. The van der Waals surface area contributed by atoms with Crippen LogP contribution in [0.4, 0.5) is 0 Å². The fourth-order valence-corrected chi connectivity index (χ4v) is 4.18. The van der Waals surface area contributed by atoms with Crippen molar-refractivity contribution in [2.75, 3.05) is 19.7 Å². The van der Waals surface area contributed by atoms with E-state index in [1.165, 1.54) is 11.1 Å². The normalized spacial score (nSPS) is 15.3. The largest absolute Gasteiger partial charge is 0.389 e. The Morgan fingerprint density at radius 2 is 2.03 bits per heavy atom. The summed E-state index contributed by atoms with van der Waals surface area (Å²) in [5.74, 6) is 0.638. The molecule has 5 rings (SSSR count). The lowest BCUT2D eigenvalue weighted by Gasteiger charge is -2.30. The van der Waals surface area contributed by atoms with Crippen molar-refractivity contribution in [3.63, 3.8) is 0 Å². The number of β-amino-alcohol motifs (C(OH)–C–C–N with tert-alkyl or cyclic N) is 1. The molecule has 7 heteroatoms. The van der Waals surface area contributed by atoms with Gasteiger partial charge in [0.25, 0.3) is 0 Å². The van der Waals surface area contributed by atoms with Crippen LogP contribution in [0.5, 0.6) is 0 Å². The van der Waals surface area contributed by atoms with E-state index in [0.717, 1.165) is 41.7 Å². The van der Waals surface area contributed by atoms with Gasteiger partial charge in [0.15, 0.2) is 5.76 Å². The van der Waals surface area contributed by atoms with Crippen LogP contribution in [-0.2, 0) is 31.4 Å². The molecule has 0 bridgehead atoms. The zero-order valence-corrected chi connectivity index (χ0v) is 17.6. The summed E-state index contributed by atoms with van der Waals surface area (Å²) >= 11 is 0. The fraction of sp³-hybridized carbons (Fsp3) is 0.333. The van der Waals surface area contributed by atoms with Gasteiger partial charge in [0, 0.05) is 43.7 Å². The van der Waals surface area contributed by atoms with Crippen molar-refractivity contribution in [3.8, 4) is 11.3 Å². The van der Waals surface area contributed by atoms with E-state index in [9.17, 15) is 5.11 Å². The van der Waals surface area contributed by atoms with Gasteiger partial charge in [-0.15, -0.1) is 0 Å². The molecule has 1 unspecified atom stereocenters. The molecule has 160 valence electrons. The first-order valence-electron chi connectivity index (χ1n) is 10.6. The molecule has 0 saturated carbocycles. The molecule has 1 aliphatic heterocycles. The summed E-state index contributed by atoms with van der Waals surface area (Å²) < 4.78 is 13.0. The minimum Gasteiger partial charge on any atom is -0.389 e. The third-order valence-electron chi connectivity index (χ3n) is 5.84. The Morgan fingerprint density at radius 3 is 2.94 bits per heavy atom. The average Bonchev–Trinajstić information content (AvgIpc) is 3.40. The highest BCUT2D eigenvalue weighted by molar-refractivity contribution is 5.83. The molecule has 0 aliphatic carbocycles. The monoisotopic (exact) mass is 418 g/mol. The van der Waals surface area contributed by atoms with Gasteiger partial charge in [0.05, 0.1) is 24.4 Å². The lowest BCUT2D eigenvalue weighted by Crippen LogP contribution is -2.38. The molecule has 1 atom stereocenters. The van der Waals surface area contributed by atoms with Gasteiger partial charge in [-0.05, 0) is 23.6 Å². The second-order valence-corrected chi connectivity index (χ2v) is 8.14. The van der Waals surface area contributed by atoms with Crippen molar-refractivity contribution in [2.45, 2.75) is 25.7 Å². The van der Waals surface area contributed by atoms with E-state index in [-0.39, 0.29) is 13.2 Å². The van der Waals surface area contributed by atoms with Crippen LogP contribution in [0.2, 0.25) is 0 Å². The summed E-state index contributed by atoms with van der Waals surface area (Å²) in [5, 5.41) is 19.9. The molecule has 1 aliphatic rings. The van der Waals surface area contributed by atoms with Crippen LogP contribution in [0.3, 0.4) is 0 Å². The van der Waals surface area contributed by atoms with E-state index in [2.05, 4.69) is 39.4 Å². The Kier molecular flexibility index (Phi) is 5.55. The minimum absolute atomic E-state index is 0.259. The molecule has 4 aromatic rings. The number of hydrogen-bond acceptors (Lipinski definition) is 6. The van der Waals surface area contributed by atoms with Crippen molar-refractivity contribution in [2.24, 2.45) is 7.05 Å². The van der Waals surface area contributed by atoms with Gasteiger partial charge in [-0.3, -0.25) is 9.58 Å². The first kappa shape index (κ1) is 19.9. The lowest BCUT2D eigenvalue weighted by atomic mass is 10.00.